The first-order valence-electron chi connectivity index (χ1n) is 6.75. The minimum Gasteiger partial charge on any atom is -0.493 e. The fraction of sp³-hybridized carbons (Fsp3) is 0.533. The average Bonchev–Trinajstić information content (AvgIpc) is 2.93. The Balaban J connectivity index is 2.02. The van der Waals surface area contributed by atoms with Crippen LogP contribution in [0.2, 0.25) is 0 Å². The maximum atomic E-state index is 12.3. The maximum absolute atomic E-state index is 12.3. The van der Waals surface area contributed by atoms with Crippen molar-refractivity contribution >= 4 is 5.78 Å². The molecule has 0 aliphatic carbocycles. The van der Waals surface area contributed by atoms with E-state index in [4.69, 9.17) is 9.47 Å². The van der Waals surface area contributed by atoms with Gasteiger partial charge in [-0.2, -0.15) is 0 Å². The molecule has 1 unspecified atom stereocenters. The number of carbonyl (C=O) groups is 1. The minimum atomic E-state index is 0.0958. The van der Waals surface area contributed by atoms with E-state index < -0.39 is 0 Å². The Hall–Kier alpha value is -1.39. The average molecular weight is 263 g/mol. The van der Waals surface area contributed by atoms with Crippen molar-refractivity contribution in [3.05, 3.63) is 29.8 Å². The molecule has 0 radical (unpaired) electrons. The summed E-state index contributed by atoms with van der Waals surface area (Å²) in [5.74, 6) is 0.768. The predicted molar refractivity (Wildman–Crippen MR) is 73.8 cm³/mol. The number of ketones is 1. The van der Waals surface area contributed by atoms with Crippen LogP contribution in [0.5, 0.6) is 5.75 Å². The van der Waals surface area contributed by atoms with Crippen LogP contribution >= 0.6 is 0 Å². The monoisotopic (exact) mass is 263 g/mol. The summed E-state index contributed by atoms with van der Waals surface area (Å²) in [5, 5.41) is 0. The molecule has 104 valence electrons. The summed E-state index contributed by atoms with van der Waals surface area (Å²) in [4.78, 5) is 14.4. The zero-order valence-electron chi connectivity index (χ0n) is 11.6. The summed E-state index contributed by atoms with van der Waals surface area (Å²) in [6, 6.07) is 7.77. The molecule has 0 aromatic heterocycles. The zero-order valence-corrected chi connectivity index (χ0v) is 11.6. The number of hydrogen-bond acceptors (Lipinski definition) is 4. The first kappa shape index (κ1) is 14.0. The van der Waals surface area contributed by atoms with Crippen molar-refractivity contribution < 1.29 is 14.3 Å². The van der Waals surface area contributed by atoms with Crippen molar-refractivity contribution in [2.75, 3.05) is 33.4 Å². The Morgan fingerprint density at radius 1 is 1.47 bits per heavy atom. The van der Waals surface area contributed by atoms with Crippen molar-refractivity contribution in [3.8, 4) is 5.75 Å². The van der Waals surface area contributed by atoms with Gasteiger partial charge < -0.3 is 9.47 Å². The number of benzene rings is 1. The smallest absolute Gasteiger partial charge is 0.180 e. The van der Waals surface area contributed by atoms with Gasteiger partial charge in [0.25, 0.3) is 0 Å². The molecule has 0 saturated carbocycles. The van der Waals surface area contributed by atoms with Gasteiger partial charge in [-0.3, -0.25) is 9.69 Å². The van der Waals surface area contributed by atoms with Crippen molar-refractivity contribution in [1.82, 2.24) is 4.90 Å². The molecule has 4 heteroatoms. The lowest BCUT2D eigenvalue weighted by Gasteiger charge is -2.22. The van der Waals surface area contributed by atoms with Gasteiger partial charge in [0.1, 0.15) is 5.75 Å². The molecule has 1 atom stereocenters. The van der Waals surface area contributed by atoms with E-state index in [0.717, 1.165) is 19.6 Å². The van der Waals surface area contributed by atoms with Gasteiger partial charge in [-0.15, -0.1) is 0 Å². The molecular formula is C15H21NO3. The fourth-order valence-corrected chi connectivity index (χ4v) is 2.29. The van der Waals surface area contributed by atoms with Crippen molar-refractivity contribution in [2.24, 2.45) is 0 Å². The van der Waals surface area contributed by atoms with Crippen LogP contribution in [0.25, 0.3) is 0 Å². The summed E-state index contributed by atoms with van der Waals surface area (Å²) in [6.07, 6.45) is 0.997. The van der Waals surface area contributed by atoms with Crippen molar-refractivity contribution in [2.45, 2.75) is 19.4 Å². The van der Waals surface area contributed by atoms with Gasteiger partial charge in [-0.25, -0.2) is 0 Å². The zero-order chi connectivity index (χ0) is 13.7. The van der Waals surface area contributed by atoms with E-state index >= 15 is 0 Å². The second-order valence-corrected chi connectivity index (χ2v) is 4.78. The van der Waals surface area contributed by atoms with Gasteiger partial charge in [0, 0.05) is 12.6 Å². The summed E-state index contributed by atoms with van der Waals surface area (Å²) in [5.41, 5.74) is 0.662. The lowest BCUT2D eigenvalue weighted by molar-refractivity contribution is 0.0903. The van der Waals surface area contributed by atoms with Gasteiger partial charge in [-0.05, 0) is 32.5 Å². The largest absolute Gasteiger partial charge is 0.493 e. The van der Waals surface area contributed by atoms with E-state index in [2.05, 4.69) is 4.90 Å². The topological polar surface area (TPSA) is 38.8 Å². The Morgan fingerprint density at radius 3 is 2.95 bits per heavy atom. The third-order valence-corrected chi connectivity index (χ3v) is 3.41. The van der Waals surface area contributed by atoms with Crippen LogP contribution in [-0.4, -0.2) is 50.1 Å². The number of ether oxygens (including phenoxy) is 2. The lowest BCUT2D eigenvalue weighted by Crippen LogP contribution is -2.36. The first-order chi connectivity index (χ1) is 9.22. The lowest BCUT2D eigenvalue weighted by atomic mass is 10.1. The van der Waals surface area contributed by atoms with E-state index in [9.17, 15) is 4.79 Å². The second-order valence-electron chi connectivity index (χ2n) is 4.78. The molecule has 1 aromatic rings. The molecule has 19 heavy (non-hydrogen) atoms. The number of likely N-dealkylation sites (N-methyl/N-ethyl adjacent to an activating group) is 1. The van der Waals surface area contributed by atoms with E-state index in [0.29, 0.717) is 30.5 Å². The van der Waals surface area contributed by atoms with E-state index in [1.54, 1.807) is 0 Å². The number of carbonyl (C=O) groups excluding carboxylic acids is 1. The predicted octanol–water partition coefficient (Wildman–Crippen LogP) is 1.99. The molecule has 1 aliphatic rings. The van der Waals surface area contributed by atoms with Crippen LogP contribution in [0, 0.1) is 0 Å². The summed E-state index contributed by atoms with van der Waals surface area (Å²) in [7, 11) is 1.97. The third-order valence-electron chi connectivity index (χ3n) is 3.41. The van der Waals surface area contributed by atoms with Crippen molar-refractivity contribution in [1.29, 1.82) is 0 Å². The number of Topliss-reactive ketones (excluding diaryl/α,β-unsaturated/α-hetero) is 1. The molecule has 1 aliphatic heterocycles. The summed E-state index contributed by atoms with van der Waals surface area (Å²) >= 11 is 0. The summed E-state index contributed by atoms with van der Waals surface area (Å²) < 4.78 is 10.9. The Kier molecular flexibility index (Phi) is 4.93. The third kappa shape index (κ3) is 3.55. The maximum Gasteiger partial charge on any atom is 0.180 e. The van der Waals surface area contributed by atoms with E-state index in [1.807, 2.05) is 38.2 Å². The molecule has 2 rings (SSSR count). The van der Waals surface area contributed by atoms with Gasteiger partial charge >= 0.3 is 0 Å². The van der Waals surface area contributed by atoms with Crippen LogP contribution in [0.3, 0.4) is 0 Å². The molecular weight excluding hydrogens is 242 g/mol. The Labute approximate surface area is 114 Å². The molecule has 0 amide bonds. The van der Waals surface area contributed by atoms with Crippen LogP contribution in [-0.2, 0) is 4.74 Å². The second kappa shape index (κ2) is 6.68. The first-order valence-corrected chi connectivity index (χ1v) is 6.75. The van der Waals surface area contributed by atoms with Gasteiger partial charge in [-0.1, -0.05) is 12.1 Å². The van der Waals surface area contributed by atoms with Crippen LogP contribution in [0.4, 0.5) is 0 Å². The highest BCUT2D eigenvalue weighted by Gasteiger charge is 2.23. The highest BCUT2D eigenvalue weighted by molar-refractivity contribution is 6.00. The minimum absolute atomic E-state index is 0.0958. The standard InChI is InChI=1S/C15H21NO3/c1-3-19-15-7-5-4-6-13(15)14(17)10-16(2)12-8-9-18-11-12/h4-7,12H,3,8-11H2,1-2H3. The SMILES string of the molecule is CCOc1ccccc1C(=O)CN(C)C1CCOC1. The molecule has 0 N–H and O–H groups in total. The molecule has 0 spiro atoms. The van der Waals surface area contributed by atoms with Gasteiger partial charge in [0.15, 0.2) is 5.78 Å². The van der Waals surface area contributed by atoms with Crippen molar-refractivity contribution in [3.63, 3.8) is 0 Å². The highest BCUT2D eigenvalue weighted by atomic mass is 16.5. The normalized spacial score (nSPS) is 18.8. The highest BCUT2D eigenvalue weighted by Crippen LogP contribution is 2.19. The Bertz CT molecular complexity index is 427. The number of hydrogen-bond donors (Lipinski definition) is 0. The van der Waals surface area contributed by atoms with Crippen LogP contribution in [0.15, 0.2) is 24.3 Å². The summed E-state index contributed by atoms with van der Waals surface area (Å²) in [6.45, 7) is 4.40. The molecule has 1 aromatic carbocycles. The molecule has 1 saturated heterocycles. The fourth-order valence-electron chi connectivity index (χ4n) is 2.29. The number of para-hydroxylation sites is 1. The van der Waals surface area contributed by atoms with E-state index in [-0.39, 0.29) is 5.78 Å². The van der Waals surface area contributed by atoms with Gasteiger partial charge in [0.2, 0.25) is 0 Å². The van der Waals surface area contributed by atoms with Crippen LogP contribution in [0.1, 0.15) is 23.7 Å². The quantitative estimate of drug-likeness (QED) is 0.736. The van der Waals surface area contributed by atoms with E-state index in [1.165, 1.54) is 0 Å². The molecule has 1 fully saturated rings. The number of rotatable bonds is 6. The van der Waals surface area contributed by atoms with Gasteiger partial charge in [0.05, 0.1) is 25.3 Å². The number of nitrogens with zero attached hydrogens (tertiary/aromatic N) is 1. The van der Waals surface area contributed by atoms with Crippen LogP contribution < -0.4 is 4.74 Å². The Morgan fingerprint density at radius 2 is 2.26 bits per heavy atom. The molecule has 1 heterocycles. The molecule has 0 bridgehead atoms. The molecule has 4 nitrogen and oxygen atoms in total.